The molecule has 0 aliphatic carbocycles. The van der Waals surface area contributed by atoms with Crippen molar-refractivity contribution in [2.75, 3.05) is 0 Å². The Morgan fingerprint density at radius 3 is 2.76 bits per heavy atom. The molecule has 0 saturated carbocycles. The molecule has 3 aromatic rings. The highest BCUT2D eigenvalue weighted by molar-refractivity contribution is 6.33. The molecule has 4 nitrogen and oxygen atoms in total. The van der Waals surface area contributed by atoms with Gasteiger partial charge >= 0.3 is 5.63 Å². The van der Waals surface area contributed by atoms with Crippen LogP contribution < -0.4 is 5.63 Å². The maximum Gasteiger partial charge on any atom is 0.362 e. The number of nitrogens with zero attached hydrogens (tertiary/aromatic N) is 1. The average Bonchev–Trinajstić information content (AvgIpc) is 2.47. The molecule has 0 bridgehead atoms. The molecule has 5 heteroatoms. The first-order chi connectivity index (χ1) is 10.1. The van der Waals surface area contributed by atoms with Gasteiger partial charge in [0.05, 0.1) is 10.6 Å². The number of fused-ring (bicyclic) bond motifs is 1. The van der Waals surface area contributed by atoms with Gasteiger partial charge in [-0.05, 0) is 24.3 Å². The van der Waals surface area contributed by atoms with E-state index in [1.807, 2.05) is 12.1 Å². The van der Waals surface area contributed by atoms with Crippen LogP contribution in [0.25, 0.3) is 11.0 Å². The maximum absolute atomic E-state index is 11.8. The lowest BCUT2D eigenvalue weighted by Gasteiger charge is -2.01. The van der Waals surface area contributed by atoms with E-state index in [2.05, 4.69) is 4.99 Å². The number of rotatable bonds is 2. The van der Waals surface area contributed by atoms with Crippen molar-refractivity contribution in [3.05, 3.63) is 69.5 Å². The summed E-state index contributed by atoms with van der Waals surface area (Å²) in [7, 11) is 0. The van der Waals surface area contributed by atoms with Crippen LogP contribution in [0.5, 0.6) is 5.75 Å². The van der Waals surface area contributed by atoms with Crippen molar-refractivity contribution in [1.29, 1.82) is 0 Å². The highest BCUT2D eigenvalue weighted by atomic mass is 35.5. The van der Waals surface area contributed by atoms with Crippen molar-refractivity contribution in [3.63, 3.8) is 0 Å². The topological polar surface area (TPSA) is 62.8 Å². The molecule has 1 aromatic heterocycles. The summed E-state index contributed by atoms with van der Waals surface area (Å²) in [6, 6.07) is 13.5. The van der Waals surface area contributed by atoms with E-state index < -0.39 is 5.63 Å². The standard InChI is InChI=1S/C16H10ClNO3/c17-12-5-3-6-14(19)11(12)9-18-13-8-10-4-1-2-7-15(10)21-16(13)20/h1-9,19H. The van der Waals surface area contributed by atoms with Crippen molar-refractivity contribution in [1.82, 2.24) is 0 Å². The minimum absolute atomic E-state index is 0.00331. The van der Waals surface area contributed by atoms with Crippen LogP contribution in [-0.2, 0) is 0 Å². The van der Waals surface area contributed by atoms with Crippen LogP contribution >= 0.6 is 11.6 Å². The highest BCUT2D eigenvalue weighted by Crippen LogP contribution is 2.24. The summed E-state index contributed by atoms with van der Waals surface area (Å²) >= 11 is 5.98. The maximum atomic E-state index is 11.8. The van der Waals surface area contributed by atoms with Gasteiger partial charge in [-0.3, -0.25) is 0 Å². The smallest absolute Gasteiger partial charge is 0.362 e. The minimum atomic E-state index is -0.545. The van der Waals surface area contributed by atoms with E-state index in [-0.39, 0.29) is 11.4 Å². The number of hydrogen-bond donors (Lipinski definition) is 1. The third-order valence-corrected chi connectivity index (χ3v) is 3.32. The van der Waals surface area contributed by atoms with Crippen molar-refractivity contribution in [2.45, 2.75) is 0 Å². The number of halogens is 1. The molecule has 2 aromatic carbocycles. The third kappa shape index (κ3) is 2.66. The Bertz CT molecular complexity index is 879. The van der Waals surface area contributed by atoms with Crippen LogP contribution in [0.3, 0.4) is 0 Å². The molecule has 0 aliphatic rings. The Morgan fingerprint density at radius 2 is 1.95 bits per heavy atom. The van der Waals surface area contributed by atoms with E-state index >= 15 is 0 Å². The predicted molar refractivity (Wildman–Crippen MR) is 82.9 cm³/mol. The van der Waals surface area contributed by atoms with Crippen molar-refractivity contribution >= 4 is 34.5 Å². The number of aliphatic imine (C=N–C) groups is 1. The van der Waals surface area contributed by atoms with Crippen LogP contribution in [0.2, 0.25) is 5.02 Å². The SMILES string of the molecule is O=c1oc2ccccc2cc1N=Cc1c(O)cccc1Cl. The zero-order valence-corrected chi connectivity index (χ0v) is 11.5. The molecule has 0 atom stereocenters. The van der Waals surface area contributed by atoms with E-state index in [0.29, 0.717) is 16.2 Å². The molecular formula is C16H10ClNO3. The summed E-state index contributed by atoms with van der Waals surface area (Å²) in [5.74, 6) is -0.00331. The molecule has 0 unspecified atom stereocenters. The lowest BCUT2D eigenvalue weighted by molar-refractivity contribution is 0.474. The molecule has 0 aliphatic heterocycles. The molecule has 3 rings (SSSR count). The summed E-state index contributed by atoms with van der Waals surface area (Å²) in [6.45, 7) is 0. The Kier molecular flexibility index (Phi) is 3.46. The van der Waals surface area contributed by atoms with Gasteiger partial charge in [0.1, 0.15) is 17.0 Å². The molecule has 0 amide bonds. The number of para-hydroxylation sites is 1. The van der Waals surface area contributed by atoms with Gasteiger partial charge in [-0.2, -0.15) is 0 Å². The Morgan fingerprint density at radius 1 is 1.14 bits per heavy atom. The van der Waals surface area contributed by atoms with Gasteiger partial charge in [0, 0.05) is 11.6 Å². The molecule has 1 N–H and O–H groups in total. The Balaban J connectivity index is 2.07. The zero-order chi connectivity index (χ0) is 14.8. The molecule has 1 heterocycles. The minimum Gasteiger partial charge on any atom is -0.507 e. The van der Waals surface area contributed by atoms with E-state index in [9.17, 15) is 9.90 Å². The monoisotopic (exact) mass is 299 g/mol. The van der Waals surface area contributed by atoms with Crippen LogP contribution in [-0.4, -0.2) is 11.3 Å². The van der Waals surface area contributed by atoms with Gasteiger partial charge in [-0.15, -0.1) is 0 Å². The van der Waals surface area contributed by atoms with Gasteiger partial charge in [-0.1, -0.05) is 35.9 Å². The zero-order valence-electron chi connectivity index (χ0n) is 10.8. The number of phenolic OH excluding ortho intramolecular Hbond substituents is 1. The van der Waals surface area contributed by atoms with Crippen molar-refractivity contribution in [2.24, 2.45) is 4.99 Å². The fourth-order valence-corrected chi connectivity index (χ4v) is 2.15. The van der Waals surface area contributed by atoms with Gasteiger partial charge < -0.3 is 9.52 Å². The normalized spacial score (nSPS) is 11.3. The second-order valence-electron chi connectivity index (χ2n) is 4.39. The molecule has 0 spiro atoms. The van der Waals surface area contributed by atoms with Crippen LogP contribution in [0.1, 0.15) is 5.56 Å². The molecule has 0 radical (unpaired) electrons. The fraction of sp³-hybridized carbons (Fsp3) is 0. The predicted octanol–water partition coefficient (Wildman–Crippen LogP) is 3.90. The van der Waals surface area contributed by atoms with E-state index in [0.717, 1.165) is 5.39 Å². The highest BCUT2D eigenvalue weighted by Gasteiger charge is 2.06. The second kappa shape index (κ2) is 5.42. The summed E-state index contributed by atoms with van der Waals surface area (Å²) in [6.07, 6.45) is 1.35. The fourth-order valence-electron chi connectivity index (χ4n) is 1.93. The third-order valence-electron chi connectivity index (χ3n) is 2.99. The quantitative estimate of drug-likeness (QED) is 0.576. The van der Waals surface area contributed by atoms with Gasteiger partial charge in [0.2, 0.25) is 0 Å². The number of phenols is 1. The first-order valence-corrected chi connectivity index (χ1v) is 6.57. The number of benzene rings is 2. The lowest BCUT2D eigenvalue weighted by Crippen LogP contribution is -1.98. The number of hydrogen-bond acceptors (Lipinski definition) is 4. The lowest BCUT2D eigenvalue weighted by atomic mass is 10.2. The first-order valence-electron chi connectivity index (χ1n) is 6.19. The summed E-state index contributed by atoms with van der Waals surface area (Å²) in [5, 5.41) is 10.9. The summed E-state index contributed by atoms with van der Waals surface area (Å²) in [5.41, 5.74) is 0.457. The molecule has 0 saturated heterocycles. The van der Waals surface area contributed by atoms with Crippen LogP contribution in [0.15, 0.2) is 62.7 Å². The number of aromatic hydroxyl groups is 1. The Hall–Kier alpha value is -2.59. The Labute approximate surface area is 124 Å². The largest absolute Gasteiger partial charge is 0.507 e. The van der Waals surface area contributed by atoms with Gasteiger partial charge in [0.25, 0.3) is 0 Å². The molecule has 21 heavy (non-hydrogen) atoms. The second-order valence-corrected chi connectivity index (χ2v) is 4.79. The van der Waals surface area contributed by atoms with E-state index in [4.69, 9.17) is 16.0 Å². The molecular weight excluding hydrogens is 290 g/mol. The van der Waals surface area contributed by atoms with Crippen LogP contribution in [0.4, 0.5) is 5.69 Å². The van der Waals surface area contributed by atoms with Gasteiger partial charge in [-0.25, -0.2) is 9.79 Å². The summed E-state index contributed by atoms with van der Waals surface area (Å²) in [4.78, 5) is 15.9. The molecule has 0 fully saturated rings. The molecule has 104 valence electrons. The van der Waals surface area contributed by atoms with Gasteiger partial charge in [0.15, 0.2) is 0 Å². The first kappa shape index (κ1) is 13.4. The summed E-state index contributed by atoms with van der Waals surface area (Å²) < 4.78 is 5.18. The van der Waals surface area contributed by atoms with Crippen molar-refractivity contribution in [3.8, 4) is 5.75 Å². The van der Waals surface area contributed by atoms with Crippen LogP contribution in [0, 0.1) is 0 Å². The van der Waals surface area contributed by atoms with Crippen molar-refractivity contribution < 1.29 is 9.52 Å². The van der Waals surface area contributed by atoms with E-state index in [1.165, 1.54) is 12.3 Å². The average molecular weight is 300 g/mol. The van der Waals surface area contributed by atoms with E-state index in [1.54, 1.807) is 30.3 Å².